The highest BCUT2D eigenvalue weighted by molar-refractivity contribution is 5.80. The molecule has 5 nitrogen and oxygen atoms in total. The highest BCUT2D eigenvalue weighted by atomic mass is 16.5. The Balaban J connectivity index is 2.89. The van der Waals surface area contributed by atoms with Crippen LogP contribution in [0.25, 0.3) is 0 Å². The summed E-state index contributed by atoms with van der Waals surface area (Å²) in [6, 6.07) is 5.73. The molecule has 0 saturated heterocycles. The molecule has 23 heavy (non-hydrogen) atoms. The Morgan fingerprint density at radius 2 is 2.04 bits per heavy atom. The lowest BCUT2D eigenvalue weighted by Gasteiger charge is -2.23. The average Bonchev–Trinajstić information content (AvgIpc) is 2.49. The molecule has 0 aliphatic heterocycles. The summed E-state index contributed by atoms with van der Waals surface area (Å²) in [5, 5.41) is 6.59. The standard InChI is InChI=1S/C18H27N3O2/c1-7-11-23-16-12-14(9-10-15(16)22-6)13-20-17(19-8-2)21-18(3,4)5/h1,9-10,12H,8,11,13H2,2-6H3,(H2,19,20,21). The van der Waals surface area contributed by atoms with Gasteiger partial charge in [0.25, 0.3) is 0 Å². The van der Waals surface area contributed by atoms with Crippen molar-refractivity contribution in [1.82, 2.24) is 10.6 Å². The first-order valence-electron chi connectivity index (χ1n) is 7.69. The second-order valence-corrected chi connectivity index (χ2v) is 6.05. The highest BCUT2D eigenvalue weighted by Crippen LogP contribution is 2.28. The lowest BCUT2D eigenvalue weighted by Crippen LogP contribution is -2.47. The summed E-state index contributed by atoms with van der Waals surface area (Å²) >= 11 is 0. The SMILES string of the molecule is C#CCOc1cc(CN=C(NCC)NC(C)(C)C)ccc1OC. The van der Waals surface area contributed by atoms with E-state index in [9.17, 15) is 0 Å². The number of methoxy groups -OCH3 is 1. The van der Waals surface area contributed by atoms with Gasteiger partial charge >= 0.3 is 0 Å². The number of nitrogens with zero attached hydrogens (tertiary/aromatic N) is 1. The number of benzene rings is 1. The number of hydrogen-bond acceptors (Lipinski definition) is 3. The zero-order valence-electron chi connectivity index (χ0n) is 14.7. The first-order valence-corrected chi connectivity index (χ1v) is 7.69. The number of aliphatic imine (C=N–C) groups is 1. The molecule has 126 valence electrons. The first kappa shape index (κ1) is 18.7. The molecule has 0 amide bonds. The molecule has 0 unspecified atom stereocenters. The van der Waals surface area contributed by atoms with E-state index in [0.29, 0.717) is 18.0 Å². The average molecular weight is 317 g/mol. The molecule has 0 heterocycles. The normalized spacial score (nSPS) is 11.6. The van der Waals surface area contributed by atoms with E-state index in [4.69, 9.17) is 15.9 Å². The van der Waals surface area contributed by atoms with Gasteiger partial charge in [-0.05, 0) is 45.4 Å². The van der Waals surface area contributed by atoms with Crippen LogP contribution in [-0.2, 0) is 6.54 Å². The number of hydrogen-bond donors (Lipinski definition) is 2. The van der Waals surface area contributed by atoms with Crippen molar-refractivity contribution < 1.29 is 9.47 Å². The zero-order chi connectivity index (χ0) is 17.3. The third-order valence-electron chi connectivity index (χ3n) is 2.80. The van der Waals surface area contributed by atoms with Crippen molar-refractivity contribution in [3.05, 3.63) is 23.8 Å². The fraction of sp³-hybridized carbons (Fsp3) is 0.500. The molecule has 0 saturated carbocycles. The Labute approximate surface area is 139 Å². The summed E-state index contributed by atoms with van der Waals surface area (Å²) in [7, 11) is 1.60. The number of rotatable bonds is 6. The maximum atomic E-state index is 5.51. The molecule has 0 radical (unpaired) electrons. The smallest absolute Gasteiger partial charge is 0.191 e. The van der Waals surface area contributed by atoms with E-state index >= 15 is 0 Å². The Kier molecular flexibility index (Phi) is 7.27. The van der Waals surface area contributed by atoms with Gasteiger partial charge in [-0.3, -0.25) is 0 Å². The summed E-state index contributed by atoms with van der Waals surface area (Å²) in [5.74, 6) is 4.53. The van der Waals surface area contributed by atoms with E-state index in [2.05, 4.69) is 42.3 Å². The molecule has 0 aromatic heterocycles. The van der Waals surface area contributed by atoms with Crippen molar-refractivity contribution in [2.45, 2.75) is 39.8 Å². The van der Waals surface area contributed by atoms with Crippen LogP contribution in [-0.4, -0.2) is 31.8 Å². The summed E-state index contributed by atoms with van der Waals surface area (Å²) in [6.45, 7) is 9.87. The molecular weight excluding hydrogens is 290 g/mol. The van der Waals surface area contributed by atoms with Crippen molar-refractivity contribution in [2.24, 2.45) is 4.99 Å². The number of guanidine groups is 1. The maximum absolute atomic E-state index is 5.51. The van der Waals surface area contributed by atoms with Crippen LogP contribution >= 0.6 is 0 Å². The van der Waals surface area contributed by atoms with Crippen LogP contribution in [0.1, 0.15) is 33.3 Å². The lowest BCUT2D eigenvalue weighted by molar-refractivity contribution is 0.330. The fourth-order valence-corrected chi connectivity index (χ4v) is 1.88. The number of nitrogens with one attached hydrogen (secondary N) is 2. The topological polar surface area (TPSA) is 54.9 Å². The van der Waals surface area contributed by atoms with Crippen molar-refractivity contribution in [1.29, 1.82) is 0 Å². The minimum Gasteiger partial charge on any atom is -0.493 e. The van der Waals surface area contributed by atoms with Crippen LogP contribution in [0.15, 0.2) is 23.2 Å². The Morgan fingerprint density at radius 3 is 2.61 bits per heavy atom. The van der Waals surface area contributed by atoms with Gasteiger partial charge in [0, 0.05) is 12.1 Å². The Morgan fingerprint density at radius 1 is 1.30 bits per heavy atom. The highest BCUT2D eigenvalue weighted by Gasteiger charge is 2.12. The fourth-order valence-electron chi connectivity index (χ4n) is 1.88. The molecule has 5 heteroatoms. The van der Waals surface area contributed by atoms with Gasteiger partial charge in [-0.25, -0.2) is 4.99 Å². The molecule has 0 aliphatic carbocycles. The lowest BCUT2D eigenvalue weighted by atomic mass is 10.1. The largest absolute Gasteiger partial charge is 0.493 e. The summed E-state index contributed by atoms with van der Waals surface area (Å²) in [5.41, 5.74) is 0.964. The molecule has 1 aromatic carbocycles. The Hall–Kier alpha value is -2.35. The van der Waals surface area contributed by atoms with Gasteiger partial charge in [0.15, 0.2) is 17.5 Å². The molecule has 1 aromatic rings. The van der Waals surface area contributed by atoms with Gasteiger partial charge < -0.3 is 20.1 Å². The van der Waals surface area contributed by atoms with Crippen molar-refractivity contribution in [3.8, 4) is 23.8 Å². The van der Waals surface area contributed by atoms with Gasteiger partial charge in [0.05, 0.1) is 13.7 Å². The predicted octanol–water partition coefficient (Wildman–Crippen LogP) is 2.56. The van der Waals surface area contributed by atoms with E-state index in [1.165, 1.54) is 0 Å². The van der Waals surface area contributed by atoms with Crippen LogP contribution in [0.2, 0.25) is 0 Å². The molecule has 0 fully saturated rings. The van der Waals surface area contributed by atoms with E-state index in [1.54, 1.807) is 7.11 Å². The summed E-state index contributed by atoms with van der Waals surface area (Å²) in [6.07, 6.45) is 5.24. The van der Waals surface area contributed by atoms with Crippen LogP contribution in [0.4, 0.5) is 0 Å². The number of terminal acetylenes is 1. The third kappa shape index (κ3) is 6.96. The van der Waals surface area contributed by atoms with E-state index in [1.807, 2.05) is 25.1 Å². The van der Waals surface area contributed by atoms with Gasteiger partial charge in [-0.1, -0.05) is 12.0 Å². The Bertz CT molecular complexity index is 569. The minimum absolute atomic E-state index is 0.0536. The number of ether oxygens (including phenoxy) is 2. The minimum atomic E-state index is -0.0536. The van der Waals surface area contributed by atoms with E-state index in [-0.39, 0.29) is 12.1 Å². The van der Waals surface area contributed by atoms with E-state index < -0.39 is 0 Å². The van der Waals surface area contributed by atoms with Crippen molar-refractivity contribution >= 4 is 5.96 Å². The summed E-state index contributed by atoms with van der Waals surface area (Å²) < 4.78 is 10.8. The second kappa shape index (κ2) is 8.94. The zero-order valence-corrected chi connectivity index (χ0v) is 14.7. The van der Waals surface area contributed by atoms with Gasteiger partial charge in [0.2, 0.25) is 0 Å². The quantitative estimate of drug-likeness (QED) is 0.481. The van der Waals surface area contributed by atoms with Gasteiger partial charge in [0.1, 0.15) is 6.61 Å². The second-order valence-electron chi connectivity index (χ2n) is 6.05. The molecule has 0 spiro atoms. The molecule has 0 aliphatic rings. The monoisotopic (exact) mass is 317 g/mol. The third-order valence-corrected chi connectivity index (χ3v) is 2.80. The summed E-state index contributed by atoms with van der Waals surface area (Å²) in [4.78, 5) is 4.60. The van der Waals surface area contributed by atoms with Crippen molar-refractivity contribution in [3.63, 3.8) is 0 Å². The van der Waals surface area contributed by atoms with Crippen molar-refractivity contribution in [2.75, 3.05) is 20.3 Å². The first-order chi connectivity index (χ1) is 10.9. The predicted molar refractivity (Wildman–Crippen MR) is 95.0 cm³/mol. The molecule has 2 N–H and O–H groups in total. The molecular formula is C18H27N3O2. The van der Waals surface area contributed by atoms with Crippen LogP contribution < -0.4 is 20.1 Å². The van der Waals surface area contributed by atoms with Crippen LogP contribution in [0, 0.1) is 12.3 Å². The molecule has 1 rings (SSSR count). The molecule has 0 bridgehead atoms. The van der Waals surface area contributed by atoms with Crippen LogP contribution in [0.5, 0.6) is 11.5 Å². The van der Waals surface area contributed by atoms with E-state index in [0.717, 1.165) is 18.1 Å². The van der Waals surface area contributed by atoms with Gasteiger partial charge in [-0.15, -0.1) is 6.42 Å². The molecule has 0 atom stereocenters. The van der Waals surface area contributed by atoms with Crippen LogP contribution in [0.3, 0.4) is 0 Å². The maximum Gasteiger partial charge on any atom is 0.191 e. The van der Waals surface area contributed by atoms with Gasteiger partial charge in [-0.2, -0.15) is 0 Å².